The first kappa shape index (κ1) is 27.1. The smallest absolute Gasteiger partial charge is 0.242 e. The zero-order valence-corrected chi connectivity index (χ0v) is 21.4. The highest BCUT2D eigenvalue weighted by molar-refractivity contribution is 5.92. The molecule has 2 aliphatic rings. The third-order valence-corrected chi connectivity index (χ3v) is 6.59. The Labute approximate surface area is 208 Å². The fourth-order valence-corrected chi connectivity index (χ4v) is 4.39. The Morgan fingerprint density at radius 2 is 1.89 bits per heavy atom. The van der Waals surface area contributed by atoms with E-state index in [0.29, 0.717) is 19.8 Å². The summed E-state index contributed by atoms with van der Waals surface area (Å²) < 4.78 is 5.30. The molecule has 0 unspecified atom stereocenters. The van der Waals surface area contributed by atoms with E-state index in [-0.39, 0.29) is 36.2 Å². The molecule has 0 spiro atoms. The zero-order valence-electron chi connectivity index (χ0n) is 21.4. The number of nitrogens with one attached hydrogen (secondary N) is 4. The van der Waals surface area contributed by atoms with Crippen molar-refractivity contribution in [2.75, 3.05) is 26.3 Å². The van der Waals surface area contributed by atoms with E-state index in [0.717, 1.165) is 24.8 Å². The highest BCUT2D eigenvalue weighted by Crippen LogP contribution is 2.29. The minimum Gasteiger partial charge on any atom is -0.377 e. The Morgan fingerprint density at radius 1 is 1.17 bits per heavy atom. The van der Waals surface area contributed by atoms with E-state index in [2.05, 4.69) is 27.3 Å². The third kappa shape index (κ3) is 7.49. The average Bonchev–Trinajstić information content (AvgIpc) is 2.79. The summed E-state index contributed by atoms with van der Waals surface area (Å²) >= 11 is 0. The fraction of sp³-hybridized carbons (Fsp3) is 0.654. The van der Waals surface area contributed by atoms with Gasteiger partial charge in [0.05, 0.1) is 37.3 Å². The molecule has 3 atom stereocenters. The topological polar surface area (TPSA) is 135 Å². The predicted molar refractivity (Wildman–Crippen MR) is 134 cm³/mol. The summed E-state index contributed by atoms with van der Waals surface area (Å²) in [5.41, 5.74) is 7.67. The Hall–Kier alpha value is -2.49. The van der Waals surface area contributed by atoms with Crippen LogP contribution in [0, 0.1) is 5.41 Å². The molecule has 0 saturated carbocycles. The number of fused-ring (bicyclic) bond motifs is 1. The maximum Gasteiger partial charge on any atom is 0.242 e. The van der Waals surface area contributed by atoms with E-state index in [4.69, 9.17) is 10.5 Å². The number of aryl methyl sites for hydroxylation is 1. The molecule has 6 N–H and O–H groups in total. The van der Waals surface area contributed by atoms with Gasteiger partial charge in [0, 0.05) is 13.1 Å². The van der Waals surface area contributed by atoms with Crippen molar-refractivity contribution in [1.29, 1.82) is 0 Å². The van der Waals surface area contributed by atoms with Crippen LogP contribution in [0.1, 0.15) is 64.1 Å². The first-order valence-corrected chi connectivity index (χ1v) is 12.5. The lowest BCUT2D eigenvalue weighted by Crippen LogP contribution is -2.69. The Kier molecular flexibility index (Phi) is 8.90. The largest absolute Gasteiger partial charge is 0.377 e. The molecule has 0 aromatic heterocycles. The first-order chi connectivity index (χ1) is 16.5. The molecule has 1 aromatic rings. The molecule has 194 valence electrons. The summed E-state index contributed by atoms with van der Waals surface area (Å²) in [4.78, 5) is 38.8. The van der Waals surface area contributed by atoms with Gasteiger partial charge in [-0.1, -0.05) is 45.0 Å². The number of benzene rings is 1. The molecule has 3 amide bonds. The number of amides is 3. The number of nitrogens with two attached hydrogens (primary N) is 1. The van der Waals surface area contributed by atoms with E-state index in [1.807, 2.05) is 39.0 Å². The standard InChI is InChI=1S/C26H41N5O4/c1-17(23(33)30-20-11-7-9-18-8-5-6-10-19(18)20)29-24(34)21(31-26(13-27)15-35-16-26)12-22(32)28-14-25(2,3)4/h5-6,8,10,17,20-21,31H,7,9,11-16,27H2,1-4H3,(H,28,32)(H,29,34)(H,30,33)/t17-,20+,21-/m0/s1. The molecule has 9 heteroatoms. The van der Waals surface area contributed by atoms with E-state index in [1.165, 1.54) is 5.56 Å². The van der Waals surface area contributed by atoms with Gasteiger partial charge < -0.3 is 26.4 Å². The number of hydrogen-bond donors (Lipinski definition) is 5. The van der Waals surface area contributed by atoms with E-state index >= 15 is 0 Å². The van der Waals surface area contributed by atoms with Crippen molar-refractivity contribution in [3.8, 4) is 0 Å². The van der Waals surface area contributed by atoms with E-state index in [9.17, 15) is 14.4 Å². The van der Waals surface area contributed by atoms with Crippen molar-refractivity contribution in [3.63, 3.8) is 0 Å². The molecular formula is C26H41N5O4. The normalized spacial score (nSPS) is 20.5. The van der Waals surface area contributed by atoms with Gasteiger partial charge in [0.25, 0.3) is 0 Å². The molecule has 1 saturated heterocycles. The molecule has 1 heterocycles. The highest BCUT2D eigenvalue weighted by atomic mass is 16.5. The van der Waals surface area contributed by atoms with Gasteiger partial charge in [-0.15, -0.1) is 0 Å². The number of rotatable bonds is 10. The zero-order chi connectivity index (χ0) is 25.6. The van der Waals surface area contributed by atoms with Gasteiger partial charge in [-0.25, -0.2) is 0 Å². The lowest BCUT2D eigenvalue weighted by Gasteiger charge is -2.43. The molecule has 1 fully saturated rings. The van der Waals surface area contributed by atoms with Gasteiger partial charge in [0.2, 0.25) is 17.7 Å². The first-order valence-electron chi connectivity index (χ1n) is 12.5. The van der Waals surface area contributed by atoms with Crippen LogP contribution in [0.25, 0.3) is 0 Å². The van der Waals surface area contributed by atoms with Gasteiger partial charge in [0.1, 0.15) is 6.04 Å². The van der Waals surface area contributed by atoms with Crippen LogP contribution in [-0.2, 0) is 25.5 Å². The van der Waals surface area contributed by atoms with Crippen LogP contribution in [0.5, 0.6) is 0 Å². The van der Waals surface area contributed by atoms with Gasteiger partial charge in [-0.2, -0.15) is 0 Å². The molecule has 1 aliphatic heterocycles. The Bertz CT molecular complexity index is 904. The lowest BCUT2D eigenvalue weighted by molar-refractivity contribution is -0.134. The van der Waals surface area contributed by atoms with Crippen LogP contribution < -0.4 is 27.0 Å². The van der Waals surface area contributed by atoms with Crippen LogP contribution in [0.15, 0.2) is 24.3 Å². The van der Waals surface area contributed by atoms with Crippen LogP contribution in [0.4, 0.5) is 0 Å². The SMILES string of the molecule is C[C@H](NC(=O)[C@H](CC(=O)NCC(C)(C)C)NC1(CN)COC1)C(=O)N[C@@H]1CCCc2ccccc21. The summed E-state index contributed by atoms with van der Waals surface area (Å²) in [5.74, 6) is -0.908. The number of carbonyl (C=O) groups is 3. The second-order valence-electron chi connectivity index (χ2n) is 11.1. The predicted octanol–water partition coefficient (Wildman–Crippen LogP) is 0.923. The summed E-state index contributed by atoms with van der Waals surface area (Å²) in [6.07, 6.45) is 2.81. The monoisotopic (exact) mass is 487 g/mol. The van der Waals surface area contributed by atoms with Crippen molar-refractivity contribution < 1.29 is 19.1 Å². The van der Waals surface area contributed by atoms with Gasteiger partial charge in [-0.3, -0.25) is 19.7 Å². The number of hydrogen-bond acceptors (Lipinski definition) is 6. The maximum absolute atomic E-state index is 13.2. The minimum atomic E-state index is -0.840. The van der Waals surface area contributed by atoms with Crippen molar-refractivity contribution in [3.05, 3.63) is 35.4 Å². The van der Waals surface area contributed by atoms with Crippen LogP contribution >= 0.6 is 0 Å². The van der Waals surface area contributed by atoms with Crippen molar-refractivity contribution in [1.82, 2.24) is 21.3 Å². The van der Waals surface area contributed by atoms with Crippen LogP contribution in [0.2, 0.25) is 0 Å². The third-order valence-electron chi connectivity index (χ3n) is 6.59. The molecule has 35 heavy (non-hydrogen) atoms. The van der Waals surface area contributed by atoms with E-state index < -0.39 is 23.5 Å². The van der Waals surface area contributed by atoms with E-state index in [1.54, 1.807) is 6.92 Å². The Balaban J connectivity index is 1.62. The van der Waals surface area contributed by atoms with Gasteiger partial charge in [0.15, 0.2) is 0 Å². The number of carbonyl (C=O) groups excluding carboxylic acids is 3. The second kappa shape index (κ2) is 11.5. The summed E-state index contributed by atoms with van der Waals surface area (Å²) in [6, 6.07) is 6.46. The number of ether oxygens (including phenoxy) is 1. The highest BCUT2D eigenvalue weighted by Gasteiger charge is 2.41. The molecule has 9 nitrogen and oxygen atoms in total. The molecular weight excluding hydrogens is 446 g/mol. The summed E-state index contributed by atoms with van der Waals surface area (Å²) in [5, 5.41) is 12.0. The average molecular weight is 488 g/mol. The van der Waals surface area contributed by atoms with Gasteiger partial charge >= 0.3 is 0 Å². The molecule has 0 bridgehead atoms. The van der Waals surface area contributed by atoms with Crippen molar-refractivity contribution in [2.24, 2.45) is 11.1 Å². The van der Waals surface area contributed by atoms with Crippen LogP contribution in [-0.4, -0.2) is 61.6 Å². The summed E-state index contributed by atoms with van der Waals surface area (Å²) in [7, 11) is 0. The molecule has 1 aliphatic carbocycles. The van der Waals surface area contributed by atoms with Crippen LogP contribution in [0.3, 0.4) is 0 Å². The minimum absolute atomic E-state index is 0.0615. The molecule has 0 radical (unpaired) electrons. The second-order valence-corrected chi connectivity index (χ2v) is 11.1. The Morgan fingerprint density at radius 3 is 2.51 bits per heavy atom. The molecule has 1 aromatic carbocycles. The van der Waals surface area contributed by atoms with Crippen molar-refractivity contribution in [2.45, 2.75) is 77.0 Å². The van der Waals surface area contributed by atoms with Gasteiger partial charge in [-0.05, 0) is 42.7 Å². The molecule has 3 rings (SSSR count). The lowest BCUT2D eigenvalue weighted by atomic mass is 9.87. The fourth-order valence-electron chi connectivity index (χ4n) is 4.39. The maximum atomic E-state index is 13.2. The van der Waals surface area contributed by atoms with Crippen molar-refractivity contribution >= 4 is 17.7 Å². The summed E-state index contributed by atoms with van der Waals surface area (Å²) in [6.45, 7) is 9.23. The quantitative estimate of drug-likeness (QED) is 0.333.